The Bertz CT molecular complexity index is 399. The Kier molecular flexibility index (Phi) is 4.53. The van der Waals surface area contributed by atoms with Crippen molar-refractivity contribution in [1.82, 2.24) is 4.90 Å². The Balaban J connectivity index is 2.03. The number of nitrogens with zero attached hydrogens (tertiary/aromatic N) is 1. The Hall–Kier alpha value is -1.16. The van der Waals surface area contributed by atoms with E-state index in [0.29, 0.717) is 6.04 Å². The number of rotatable bonds is 4. The van der Waals surface area contributed by atoms with Crippen LogP contribution in [0.2, 0.25) is 0 Å². The van der Waals surface area contributed by atoms with Crippen LogP contribution in [0, 0.1) is 0 Å². The summed E-state index contributed by atoms with van der Waals surface area (Å²) in [7, 11) is 1.91. The standard InChI is InChI=1S/C14H20N2OS/c1-3-15-12-6-4-11(5-7-12)14(17)16(2)13-8-9-18-10-13/h4-7,13,15H,3,8-10H2,1-2H3. The van der Waals surface area contributed by atoms with Crippen LogP contribution in [0.1, 0.15) is 23.7 Å². The molecule has 1 heterocycles. The van der Waals surface area contributed by atoms with E-state index in [9.17, 15) is 4.79 Å². The van der Waals surface area contributed by atoms with Crippen molar-refractivity contribution in [2.75, 3.05) is 30.4 Å². The zero-order chi connectivity index (χ0) is 13.0. The molecule has 1 atom stereocenters. The lowest BCUT2D eigenvalue weighted by atomic mass is 10.1. The Labute approximate surface area is 113 Å². The fourth-order valence-electron chi connectivity index (χ4n) is 2.13. The molecule has 1 aromatic carbocycles. The van der Waals surface area contributed by atoms with Crippen molar-refractivity contribution in [2.45, 2.75) is 19.4 Å². The third-order valence-corrected chi connectivity index (χ3v) is 4.43. The van der Waals surface area contributed by atoms with Gasteiger partial charge in [0.05, 0.1) is 0 Å². The van der Waals surface area contributed by atoms with E-state index < -0.39 is 0 Å². The first-order valence-corrected chi connectivity index (χ1v) is 7.56. The van der Waals surface area contributed by atoms with Crippen LogP contribution in [0.25, 0.3) is 0 Å². The predicted octanol–water partition coefficient (Wildman–Crippen LogP) is 2.70. The number of carbonyl (C=O) groups is 1. The largest absolute Gasteiger partial charge is 0.385 e. The van der Waals surface area contributed by atoms with Gasteiger partial charge in [0.25, 0.3) is 5.91 Å². The van der Waals surface area contributed by atoms with Crippen molar-refractivity contribution < 1.29 is 4.79 Å². The quantitative estimate of drug-likeness (QED) is 0.907. The van der Waals surface area contributed by atoms with E-state index in [0.717, 1.165) is 30.0 Å². The van der Waals surface area contributed by atoms with Gasteiger partial charge in [-0.1, -0.05) is 0 Å². The van der Waals surface area contributed by atoms with Crippen LogP contribution >= 0.6 is 11.8 Å². The minimum Gasteiger partial charge on any atom is -0.385 e. The first-order valence-electron chi connectivity index (χ1n) is 6.41. The summed E-state index contributed by atoms with van der Waals surface area (Å²) in [6.07, 6.45) is 1.11. The van der Waals surface area contributed by atoms with Gasteiger partial charge in [-0.05, 0) is 43.4 Å². The summed E-state index contributed by atoms with van der Waals surface area (Å²) in [6, 6.07) is 8.13. The number of carbonyl (C=O) groups excluding carboxylic acids is 1. The summed E-state index contributed by atoms with van der Waals surface area (Å²) in [5, 5.41) is 3.23. The molecule has 4 heteroatoms. The highest BCUT2D eigenvalue weighted by Gasteiger charge is 2.24. The maximum Gasteiger partial charge on any atom is 0.253 e. The molecule has 0 aromatic heterocycles. The monoisotopic (exact) mass is 264 g/mol. The van der Waals surface area contributed by atoms with Gasteiger partial charge in [0.15, 0.2) is 0 Å². The molecule has 0 aliphatic carbocycles. The zero-order valence-electron chi connectivity index (χ0n) is 11.0. The maximum absolute atomic E-state index is 12.3. The topological polar surface area (TPSA) is 32.3 Å². The van der Waals surface area contributed by atoms with Gasteiger partial charge in [-0.25, -0.2) is 0 Å². The van der Waals surface area contributed by atoms with Gasteiger partial charge < -0.3 is 10.2 Å². The van der Waals surface area contributed by atoms with E-state index in [2.05, 4.69) is 12.2 Å². The second kappa shape index (κ2) is 6.14. The van der Waals surface area contributed by atoms with Gasteiger partial charge in [0.2, 0.25) is 0 Å². The zero-order valence-corrected chi connectivity index (χ0v) is 11.8. The Morgan fingerprint density at radius 2 is 2.17 bits per heavy atom. The molecule has 1 amide bonds. The van der Waals surface area contributed by atoms with Crippen molar-refractivity contribution in [1.29, 1.82) is 0 Å². The van der Waals surface area contributed by atoms with E-state index >= 15 is 0 Å². The molecule has 2 rings (SSSR count). The molecule has 3 nitrogen and oxygen atoms in total. The highest BCUT2D eigenvalue weighted by molar-refractivity contribution is 7.99. The summed E-state index contributed by atoms with van der Waals surface area (Å²) in [5.74, 6) is 2.37. The van der Waals surface area contributed by atoms with Crippen molar-refractivity contribution in [3.8, 4) is 0 Å². The van der Waals surface area contributed by atoms with E-state index in [-0.39, 0.29) is 5.91 Å². The smallest absolute Gasteiger partial charge is 0.253 e. The van der Waals surface area contributed by atoms with E-state index in [1.165, 1.54) is 5.75 Å². The average Bonchev–Trinajstić information content (AvgIpc) is 2.92. The molecule has 1 fully saturated rings. The molecular weight excluding hydrogens is 244 g/mol. The van der Waals surface area contributed by atoms with Gasteiger partial charge in [-0.3, -0.25) is 4.79 Å². The normalized spacial score (nSPS) is 18.7. The van der Waals surface area contributed by atoms with Crippen LogP contribution in [0.4, 0.5) is 5.69 Å². The van der Waals surface area contributed by atoms with Crippen LogP contribution in [-0.4, -0.2) is 41.9 Å². The van der Waals surface area contributed by atoms with Gasteiger partial charge >= 0.3 is 0 Å². The molecule has 1 aliphatic heterocycles. The number of hydrogen-bond donors (Lipinski definition) is 1. The van der Waals surface area contributed by atoms with Gasteiger partial charge in [0, 0.05) is 36.6 Å². The summed E-state index contributed by atoms with van der Waals surface area (Å²) in [6.45, 7) is 2.96. The first-order chi connectivity index (χ1) is 8.72. The average molecular weight is 264 g/mol. The molecule has 1 unspecified atom stereocenters. The molecule has 1 saturated heterocycles. The van der Waals surface area contributed by atoms with E-state index in [1.54, 1.807) is 0 Å². The van der Waals surface area contributed by atoms with Crippen LogP contribution < -0.4 is 5.32 Å². The van der Waals surface area contributed by atoms with E-state index in [1.807, 2.05) is 48.0 Å². The number of hydrogen-bond acceptors (Lipinski definition) is 3. The first kappa shape index (κ1) is 13.3. The molecular formula is C14H20N2OS. The molecule has 1 N–H and O–H groups in total. The van der Waals surface area contributed by atoms with Crippen LogP contribution in [0.5, 0.6) is 0 Å². The molecule has 0 saturated carbocycles. The van der Waals surface area contributed by atoms with Crippen molar-refractivity contribution in [3.05, 3.63) is 29.8 Å². The van der Waals surface area contributed by atoms with Crippen molar-refractivity contribution >= 4 is 23.4 Å². The lowest BCUT2D eigenvalue weighted by Crippen LogP contribution is -2.36. The van der Waals surface area contributed by atoms with Crippen LogP contribution in [0.15, 0.2) is 24.3 Å². The second-order valence-electron chi connectivity index (χ2n) is 4.54. The van der Waals surface area contributed by atoms with Crippen LogP contribution in [-0.2, 0) is 0 Å². The summed E-state index contributed by atoms with van der Waals surface area (Å²) in [5.41, 5.74) is 1.84. The molecule has 1 aliphatic rings. The summed E-state index contributed by atoms with van der Waals surface area (Å²) < 4.78 is 0. The van der Waals surface area contributed by atoms with E-state index in [4.69, 9.17) is 0 Å². The number of amides is 1. The minimum atomic E-state index is 0.130. The molecule has 0 spiro atoms. The number of thioether (sulfide) groups is 1. The second-order valence-corrected chi connectivity index (χ2v) is 5.69. The van der Waals surface area contributed by atoms with Crippen LogP contribution in [0.3, 0.4) is 0 Å². The number of nitrogens with one attached hydrogen (secondary N) is 1. The number of anilines is 1. The Morgan fingerprint density at radius 1 is 1.44 bits per heavy atom. The molecule has 0 bridgehead atoms. The fourth-order valence-corrected chi connectivity index (χ4v) is 3.40. The lowest BCUT2D eigenvalue weighted by Gasteiger charge is -2.23. The van der Waals surface area contributed by atoms with Gasteiger partial charge in [0.1, 0.15) is 0 Å². The van der Waals surface area contributed by atoms with Gasteiger partial charge in [-0.2, -0.15) is 11.8 Å². The third kappa shape index (κ3) is 2.99. The molecule has 1 aromatic rings. The SMILES string of the molecule is CCNc1ccc(C(=O)N(C)C2CCSC2)cc1. The third-order valence-electron chi connectivity index (χ3n) is 3.29. The maximum atomic E-state index is 12.3. The predicted molar refractivity (Wildman–Crippen MR) is 78.4 cm³/mol. The highest BCUT2D eigenvalue weighted by atomic mass is 32.2. The molecule has 18 heavy (non-hydrogen) atoms. The molecule has 98 valence electrons. The Morgan fingerprint density at radius 3 is 2.72 bits per heavy atom. The van der Waals surface area contributed by atoms with Crippen molar-refractivity contribution in [3.63, 3.8) is 0 Å². The molecule has 0 radical (unpaired) electrons. The van der Waals surface area contributed by atoms with Gasteiger partial charge in [-0.15, -0.1) is 0 Å². The van der Waals surface area contributed by atoms with Crippen molar-refractivity contribution in [2.24, 2.45) is 0 Å². The number of benzene rings is 1. The fraction of sp³-hybridized carbons (Fsp3) is 0.500. The highest BCUT2D eigenvalue weighted by Crippen LogP contribution is 2.22. The summed E-state index contributed by atoms with van der Waals surface area (Å²) in [4.78, 5) is 14.2. The lowest BCUT2D eigenvalue weighted by molar-refractivity contribution is 0.0748. The minimum absolute atomic E-state index is 0.130. The summed E-state index contributed by atoms with van der Waals surface area (Å²) >= 11 is 1.93.